The number of thiocarbonyl (C=S) groups is 1. The Labute approximate surface area is 162 Å². The van der Waals surface area contributed by atoms with E-state index in [9.17, 15) is 4.79 Å². The van der Waals surface area contributed by atoms with Crippen LogP contribution >= 0.6 is 12.2 Å². The number of likely N-dealkylation sites (tertiary alicyclic amines) is 1. The number of nitrogens with one attached hydrogen (secondary N) is 1. The normalized spacial score (nSPS) is 15.0. The van der Waals surface area contributed by atoms with Crippen molar-refractivity contribution >= 4 is 28.9 Å². The SMILES string of the molecule is COc1ccccc1NC(=S)N(CCC(C)C)C1CCN(C(C)=O)CC1. The molecule has 5 nitrogen and oxygen atoms in total. The Morgan fingerprint density at radius 1 is 1.35 bits per heavy atom. The van der Waals surface area contributed by atoms with Crippen LogP contribution in [0.25, 0.3) is 0 Å². The van der Waals surface area contributed by atoms with Crippen LogP contribution in [-0.4, -0.2) is 53.6 Å². The minimum absolute atomic E-state index is 0.159. The Bertz CT molecular complexity index is 613. The van der Waals surface area contributed by atoms with E-state index in [1.807, 2.05) is 29.2 Å². The molecule has 0 spiro atoms. The van der Waals surface area contributed by atoms with Crippen LogP contribution in [0.15, 0.2) is 24.3 Å². The maximum absolute atomic E-state index is 11.6. The number of amides is 1. The third-order valence-corrected chi connectivity index (χ3v) is 5.24. The zero-order valence-electron chi connectivity index (χ0n) is 16.3. The number of carbonyl (C=O) groups excluding carboxylic acids is 1. The van der Waals surface area contributed by atoms with Crippen molar-refractivity contribution in [2.24, 2.45) is 5.92 Å². The van der Waals surface area contributed by atoms with E-state index in [1.54, 1.807) is 14.0 Å². The summed E-state index contributed by atoms with van der Waals surface area (Å²) < 4.78 is 5.43. The van der Waals surface area contributed by atoms with Gasteiger partial charge < -0.3 is 19.9 Å². The number of hydrogen-bond acceptors (Lipinski definition) is 3. The van der Waals surface area contributed by atoms with Crippen LogP contribution in [-0.2, 0) is 4.79 Å². The smallest absolute Gasteiger partial charge is 0.219 e. The van der Waals surface area contributed by atoms with Gasteiger partial charge in [-0.25, -0.2) is 0 Å². The lowest BCUT2D eigenvalue weighted by molar-refractivity contribution is -0.130. The number of methoxy groups -OCH3 is 1. The predicted molar refractivity (Wildman–Crippen MR) is 111 cm³/mol. The molecule has 26 heavy (non-hydrogen) atoms. The van der Waals surface area contributed by atoms with Gasteiger partial charge in [0.1, 0.15) is 5.75 Å². The maximum atomic E-state index is 11.6. The number of hydrogen-bond donors (Lipinski definition) is 1. The number of anilines is 1. The quantitative estimate of drug-likeness (QED) is 0.765. The average Bonchev–Trinajstić information content (AvgIpc) is 2.62. The number of rotatable bonds is 6. The van der Waals surface area contributed by atoms with Gasteiger partial charge in [-0.05, 0) is 49.5 Å². The van der Waals surface area contributed by atoms with Crippen LogP contribution in [0.4, 0.5) is 5.69 Å². The van der Waals surface area contributed by atoms with Crippen LogP contribution in [0.5, 0.6) is 5.75 Å². The molecule has 2 rings (SSSR count). The van der Waals surface area contributed by atoms with Crippen LogP contribution in [0.2, 0.25) is 0 Å². The highest BCUT2D eigenvalue weighted by Crippen LogP contribution is 2.25. The van der Waals surface area contributed by atoms with Crippen LogP contribution in [0, 0.1) is 5.92 Å². The molecule has 1 fully saturated rings. The van der Waals surface area contributed by atoms with Crippen molar-refractivity contribution in [1.82, 2.24) is 9.80 Å². The van der Waals surface area contributed by atoms with Gasteiger partial charge in [0.15, 0.2) is 5.11 Å². The first-order chi connectivity index (χ1) is 12.4. The molecule has 1 aromatic rings. The second kappa shape index (κ2) is 9.76. The molecular formula is C20H31N3O2S. The number of para-hydroxylation sites is 2. The van der Waals surface area contributed by atoms with Gasteiger partial charge in [0, 0.05) is 32.6 Å². The summed E-state index contributed by atoms with van der Waals surface area (Å²) in [6.07, 6.45) is 2.98. The van der Waals surface area contributed by atoms with E-state index in [0.717, 1.165) is 55.4 Å². The molecule has 6 heteroatoms. The van der Waals surface area contributed by atoms with E-state index < -0.39 is 0 Å². The summed E-state index contributed by atoms with van der Waals surface area (Å²) in [5.74, 6) is 1.56. The molecule has 144 valence electrons. The zero-order chi connectivity index (χ0) is 19.1. The molecule has 1 aromatic carbocycles. The lowest BCUT2D eigenvalue weighted by Crippen LogP contribution is -2.50. The van der Waals surface area contributed by atoms with Gasteiger partial charge in [-0.15, -0.1) is 0 Å². The topological polar surface area (TPSA) is 44.8 Å². The van der Waals surface area contributed by atoms with Crippen molar-refractivity contribution in [3.63, 3.8) is 0 Å². The highest BCUT2D eigenvalue weighted by Gasteiger charge is 2.27. The first kappa shape index (κ1) is 20.5. The van der Waals surface area contributed by atoms with Gasteiger partial charge in [-0.2, -0.15) is 0 Å². The molecule has 1 amide bonds. The molecule has 0 aromatic heterocycles. The van der Waals surface area contributed by atoms with Gasteiger partial charge in [-0.1, -0.05) is 26.0 Å². The molecule has 1 N–H and O–H groups in total. The van der Waals surface area contributed by atoms with Gasteiger partial charge >= 0.3 is 0 Å². The monoisotopic (exact) mass is 377 g/mol. The summed E-state index contributed by atoms with van der Waals surface area (Å²) in [5.41, 5.74) is 0.885. The fraction of sp³-hybridized carbons (Fsp3) is 0.600. The largest absolute Gasteiger partial charge is 0.495 e. The van der Waals surface area contributed by atoms with E-state index in [2.05, 4.69) is 24.1 Å². The molecule has 0 unspecified atom stereocenters. The van der Waals surface area contributed by atoms with Crippen molar-refractivity contribution in [1.29, 1.82) is 0 Å². The Morgan fingerprint density at radius 3 is 2.58 bits per heavy atom. The summed E-state index contributed by atoms with van der Waals surface area (Å²) in [5, 5.41) is 4.10. The number of piperidine rings is 1. The third kappa shape index (κ3) is 5.59. The molecular weight excluding hydrogens is 346 g/mol. The Kier molecular flexibility index (Phi) is 7.69. The third-order valence-electron chi connectivity index (χ3n) is 4.91. The highest BCUT2D eigenvalue weighted by molar-refractivity contribution is 7.80. The van der Waals surface area contributed by atoms with Crippen molar-refractivity contribution in [3.8, 4) is 5.75 Å². The number of carbonyl (C=O) groups is 1. The van der Waals surface area contributed by atoms with Gasteiger partial charge in [0.2, 0.25) is 5.91 Å². The Hall–Kier alpha value is -1.82. The van der Waals surface area contributed by atoms with Crippen LogP contribution in [0.1, 0.15) is 40.0 Å². The Morgan fingerprint density at radius 2 is 2.00 bits per heavy atom. The molecule has 1 aliphatic heterocycles. The molecule has 1 aliphatic rings. The summed E-state index contributed by atoms with van der Waals surface area (Å²) in [4.78, 5) is 15.8. The first-order valence-electron chi connectivity index (χ1n) is 9.38. The van der Waals surface area contributed by atoms with E-state index in [1.165, 1.54) is 0 Å². The van der Waals surface area contributed by atoms with Gasteiger partial charge in [0.05, 0.1) is 12.8 Å². The second-order valence-corrected chi connectivity index (χ2v) is 7.63. The standard InChI is InChI=1S/C20H31N3O2S/c1-15(2)9-14-23(17-10-12-22(13-11-17)16(3)24)20(26)21-18-7-5-6-8-19(18)25-4/h5-8,15,17H,9-14H2,1-4H3,(H,21,26). The number of ether oxygens (including phenoxy) is 1. The highest BCUT2D eigenvalue weighted by atomic mass is 32.1. The molecule has 0 aliphatic carbocycles. The maximum Gasteiger partial charge on any atom is 0.219 e. The summed E-state index contributed by atoms with van der Waals surface area (Å²) in [7, 11) is 1.66. The average molecular weight is 378 g/mol. The van der Waals surface area contributed by atoms with Crippen molar-refractivity contribution in [2.75, 3.05) is 32.1 Å². The van der Waals surface area contributed by atoms with Crippen molar-refractivity contribution < 1.29 is 9.53 Å². The van der Waals surface area contributed by atoms with E-state index in [4.69, 9.17) is 17.0 Å². The zero-order valence-corrected chi connectivity index (χ0v) is 17.1. The lowest BCUT2D eigenvalue weighted by Gasteiger charge is -2.40. The minimum Gasteiger partial charge on any atom is -0.495 e. The molecule has 0 atom stereocenters. The molecule has 1 heterocycles. The molecule has 0 bridgehead atoms. The summed E-state index contributed by atoms with van der Waals surface area (Å²) in [6, 6.07) is 8.18. The lowest BCUT2D eigenvalue weighted by atomic mass is 10.0. The first-order valence-corrected chi connectivity index (χ1v) is 9.79. The fourth-order valence-corrected chi connectivity index (χ4v) is 3.62. The van der Waals surface area contributed by atoms with E-state index >= 15 is 0 Å². The fourth-order valence-electron chi connectivity index (χ4n) is 3.27. The summed E-state index contributed by atoms with van der Waals surface area (Å²) >= 11 is 5.76. The number of nitrogens with zero attached hydrogens (tertiary/aromatic N) is 2. The van der Waals surface area contributed by atoms with Gasteiger partial charge in [0.25, 0.3) is 0 Å². The Balaban J connectivity index is 2.08. The summed E-state index contributed by atoms with van der Waals surface area (Å²) in [6.45, 7) is 8.62. The molecule has 0 radical (unpaired) electrons. The van der Waals surface area contributed by atoms with Gasteiger partial charge in [-0.3, -0.25) is 4.79 Å². The minimum atomic E-state index is 0.159. The molecule has 0 saturated carbocycles. The van der Waals surface area contributed by atoms with E-state index in [-0.39, 0.29) is 5.91 Å². The van der Waals surface area contributed by atoms with Crippen LogP contribution < -0.4 is 10.1 Å². The van der Waals surface area contributed by atoms with Crippen molar-refractivity contribution in [3.05, 3.63) is 24.3 Å². The molecule has 1 saturated heterocycles. The van der Waals surface area contributed by atoms with Crippen LogP contribution in [0.3, 0.4) is 0 Å². The second-order valence-electron chi connectivity index (χ2n) is 7.24. The van der Waals surface area contributed by atoms with E-state index in [0.29, 0.717) is 12.0 Å². The number of benzene rings is 1. The van der Waals surface area contributed by atoms with Crippen molar-refractivity contribution in [2.45, 2.75) is 46.1 Å². The predicted octanol–water partition coefficient (Wildman–Crippen LogP) is 3.75.